The molecule has 0 saturated carbocycles. The van der Waals surface area contributed by atoms with Crippen LogP contribution in [0, 0.1) is 15.9 Å². The third-order valence-corrected chi connectivity index (χ3v) is 3.91. The minimum atomic E-state index is -0.778. The average Bonchev–Trinajstić information content (AvgIpc) is 2.69. The number of nitro groups is 1. The van der Waals surface area contributed by atoms with E-state index in [2.05, 4.69) is 12.1 Å². The molecule has 0 N–H and O–H groups in total. The van der Waals surface area contributed by atoms with Crippen LogP contribution in [0.15, 0.2) is 42.5 Å². The van der Waals surface area contributed by atoms with Crippen LogP contribution in [-0.2, 0) is 12.8 Å². The Morgan fingerprint density at radius 3 is 2.19 bits per heavy atom. The molecule has 5 heteroatoms. The highest BCUT2D eigenvalue weighted by Crippen LogP contribution is 2.32. The maximum Gasteiger partial charge on any atom is 0.327 e. The monoisotopic (exact) mass is 286 g/mol. The molecule has 2 aromatic rings. The summed E-state index contributed by atoms with van der Waals surface area (Å²) in [7, 11) is 0. The van der Waals surface area contributed by atoms with E-state index in [4.69, 9.17) is 0 Å². The summed E-state index contributed by atoms with van der Waals surface area (Å²) in [6.07, 6.45) is 1.62. The predicted molar refractivity (Wildman–Crippen MR) is 79.1 cm³/mol. The molecule has 108 valence electrons. The molecule has 0 spiro atoms. The number of hydrogen-bond donors (Lipinski definition) is 0. The van der Waals surface area contributed by atoms with Crippen molar-refractivity contribution in [1.82, 2.24) is 0 Å². The third-order valence-electron chi connectivity index (χ3n) is 3.91. The van der Waals surface area contributed by atoms with E-state index in [-0.39, 0.29) is 0 Å². The molecule has 0 aliphatic carbocycles. The SMILES string of the molecule is O=[N+]([O-])c1c(F)cccc1N1CCc2ccccc2CC1. The van der Waals surface area contributed by atoms with E-state index < -0.39 is 16.4 Å². The van der Waals surface area contributed by atoms with Crippen LogP contribution in [0.3, 0.4) is 0 Å². The lowest BCUT2D eigenvalue weighted by Crippen LogP contribution is -2.27. The van der Waals surface area contributed by atoms with Crippen molar-refractivity contribution in [1.29, 1.82) is 0 Å². The fraction of sp³-hybridized carbons (Fsp3) is 0.250. The summed E-state index contributed by atoms with van der Waals surface area (Å²) < 4.78 is 13.8. The zero-order chi connectivity index (χ0) is 14.8. The van der Waals surface area contributed by atoms with Crippen LogP contribution in [0.1, 0.15) is 11.1 Å². The summed E-state index contributed by atoms with van der Waals surface area (Å²) in [6.45, 7) is 1.31. The van der Waals surface area contributed by atoms with Crippen molar-refractivity contribution in [2.24, 2.45) is 0 Å². The second-order valence-corrected chi connectivity index (χ2v) is 5.12. The van der Waals surface area contributed by atoms with Crippen LogP contribution in [0.2, 0.25) is 0 Å². The molecule has 1 aliphatic heterocycles. The van der Waals surface area contributed by atoms with E-state index in [1.54, 1.807) is 6.07 Å². The lowest BCUT2D eigenvalue weighted by molar-refractivity contribution is -0.386. The minimum Gasteiger partial charge on any atom is -0.365 e. The van der Waals surface area contributed by atoms with Crippen molar-refractivity contribution >= 4 is 11.4 Å². The summed E-state index contributed by atoms with van der Waals surface area (Å²) in [5, 5.41) is 11.1. The number of hydrogen-bond acceptors (Lipinski definition) is 3. The average molecular weight is 286 g/mol. The standard InChI is InChI=1S/C16H15FN2O2/c17-14-6-3-7-15(16(14)19(20)21)18-10-8-12-4-1-2-5-13(12)9-11-18/h1-7H,8-11H2. The van der Waals surface area contributed by atoms with Crippen LogP contribution in [-0.4, -0.2) is 18.0 Å². The number of anilines is 1. The molecule has 1 aliphatic rings. The van der Waals surface area contributed by atoms with Crippen molar-refractivity contribution in [2.45, 2.75) is 12.8 Å². The molecule has 0 saturated heterocycles. The lowest BCUT2D eigenvalue weighted by Gasteiger charge is -2.22. The first kappa shape index (κ1) is 13.5. The highest BCUT2D eigenvalue weighted by Gasteiger charge is 2.25. The number of fused-ring (bicyclic) bond motifs is 1. The van der Waals surface area contributed by atoms with Crippen molar-refractivity contribution in [3.63, 3.8) is 0 Å². The Bertz CT molecular complexity index is 661. The summed E-state index contributed by atoms with van der Waals surface area (Å²) >= 11 is 0. The maximum absolute atomic E-state index is 13.8. The molecule has 0 unspecified atom stereocenters. The van der Waals surface area contributed by atoms with Gasteiger partial charge in [-0.05, 0) is 36.1 Å². The summed E-state index contributed by atoms with van der Waals surface area (Å²) in [5.41, 5.74) is 2.47. The minimum absolute atomic E-state index is 0.368. The van der Waals surface area contributed by atoms with E-state index in [1.165, 1.54) is 17.2 Å². The molecule has 0 aromatic heterocycles. The van der Waals surface area contributed by atoms with Crippen molar-refractivity contribution in [3.05, 3.63) is 69.5 Å². The quantitative estimate of drug-likeness (QED) is 0.628. The highest BCUT2D eigenvalue weighted by molar-refractivity contribution is 5.64. The van der Waals surface area contributed by atoms with Crippen molar-refractivity contribution in [3.8, 4) is 0 Å². The van der Waals surface area contributed by atoms with Gasteiger partial charge in [-0.3, -0.25) is 10.1 Å². The van der Waals surface area contributed by atoms with Gasteiger partial charge in [-0.25, -0.2) is 0 Å². The Labute approximate surface area is 122 Å². The highest BCUT2D eigenvalue weighted by atomic mass is 19.1. The van der Waals surface area contributed by atoms with Gasteiger partial charge in [0, 0.05) is 13.1 Å². The third kappa shape index (κ3) is 2.59. The number of nitrogens with zero attached hydrogens (tertiary/aromatic N) is 2. The Morgan fingerprint density at radius 2 is 1.62 bits per heavy atom. The van der Waals surface area contributed by atoms with Gasteiger partial charge in [0.2, 0.25) is 5.82 Å². The summed E-state index contributed by atoms with van der Waals surface area (Å²) in [4.78, 5) is 12.4. The van der Waals surface area contributed by atoms with Gasteiger partial charge in [0.15, 0.2) is 0 Å². The van der Waals surface area contributed by atoms with E-state index >= 15 is 0 Å². The molecular formula is C16H15FN2O2. The number of para-hydroxylation sites is 1. The Morgan fingerprint density at radius 1 is 1.00 bits per heavy atom. The number of halogens is 1. The zero-order valence-electron chi connectivity index (χ0n) is 11.5. The van der Waals surface area contributed by atoms with Gasteiger partial charge in [0.05, 0.1) is 4.92 Å². The Balaban J connectivity index is 1.93. The van der Waals surface area contributed by atoms with Crippen molar-refractivity contribution in [2.75, 3.05) is 18.0 Å². The van der Waals surface area contributed by atoms with Crippen LogP contribution >= 0.6 is 0 Å². The molecule has 0 atom stereocenters. The van der Waals surface area contributed by atoms with Gasteiger partial charge in [0.25, 0.3) is 0 Å². The first-order valence-corrected chi connectivity index (χ1v) is 6.91. The topological polar surface area (TPSA) is 46.4 Å². The molecule has 21 heavy (non-hydrogen) atoms. The largest absolute Gasteiger partial charge is 0.365 e. The van der Waals surface area contributed by atoms with Gasteiger partial charge in [-0.15, -0.1) is 0 Å². The van der Waals surface area contributed by atoms with Gasteiger partial charge < -0.3 is 4.90 Å². The second kappa shape index (κ2) is 5.52. The number of nitro benzene ring substituents is 1. The van der Waals surface area contributed by atoms with Crippen molar-refractivity contribution < 1.29 is 9.31 Å². The molecular weight excluding hydrogens is 271 g/mol. The van der Waals surface area contributed by atoms with Gasteiger partial charge in [0.1, 0.15) is 5.69 Å². The molecule has 1 heterocycles. The molecule has 0 fully saturated rings. The van der Waals surface area contributed by atoms with E-state index in [9.17, 15) is 14.5 Å². The van der Waals surface area contributed by atoms with Crippen LogP contribution < -0.4 is 4.90 Å². The number of rotatable bonds is 2. The number of benzene rings is 2. The molecule has 0 radical (unpaired) electrons. The molecule has 0 bridgehead atoms. The fourth-order valence-electron chi connectivity index (χ4n) is 2.85. The maximum atomic E-state index is 13.8. The second-order valence-electron chi connectivity index (χ2n) is 5.12. The molecule has 4 nitrogen and oxygen atoms in total. The van der Waals surface area contributed by atoms with Gasteiger partial charge in [-0.2, -0.15) is 4.39 Å². The molecule has 0 amide bonds. The lowest BCUT2D eigenvalue weighted by atomic mass is 10.0. The van der Waals surface area contributed by atoms with E-state index in [0.29, 0.717) is 18.8 Å². The van der Waals surface area contributed by atoms with Crippen LogP contribution in [0.25, 0.3) is 0 Å². The Hall–Kier alpha value is -2.43. The summed E-state index contributed by atoms with van der Waals surface area (Å²) in [5.74, 6) is -0.778. The normalized spacial score (nSPS) is 14.4. The fourth-order valence-corrected chi connectivity index (χ4v) is 2.85. The smallest absolute Gasteiger partial charge is 0.327 e. The summed E-state index contributed by atoms with van der Waals surface area (Å²) in [6, 6.07) is 12.4. The van der Waals surface area contributed by atoms with Gasteiger partial charge in [-0.1, -0.05) is 30.3 Å². The predicted octanol–water partition coefficient (Wildman–Crippen LogP) is 3.34. The van der Waals surface area contributed by atoms with Crippen LogP contribution in [0.4, 0.5) is 15.8 Å². The molecule has 3 rings (SSSR count). The van der Waals surface area contributed by atoms with Crippen LogP contribution in [0.5, 0.6) is 0 Å². The first-order chi connectivity index (χ1) is 10.2. The zero-order valence-corrected chi connectivity index (χ0v) is 11.5. The van der Waals surface area contributed by atoms with E-state index in [0.717, 1.165) is 18.9 Å². The first-order valence-electron chi connectivity index (χ1n) is 6.91. The van der Waals surface area contributed by atoms with E-state index in [1.807, 2.05) is 17.0 Å². The van der Waals surface area contributed by atoms with Gasteiger partial charge >= 0.3 is 5.69 Å². The Kier molecular flexibility index (Phi) is 3.56. The molecule has 2 aromatic carbocycles.